The van der Waals surface area contributed by atoms with Crippen LogP contribution in [0.25, 0.3) is 0 Å². The van der Waals surface area contributed by atoms with E-state index in [1.54, 1.807) is 5.57 Å². The van der Waals surface area contributed by atoms with E-state index in [0.717, 1.165) is 57.8 Å². The summed E-state index contributed by atoms with van der Waals surface area (Å²) in [6, 6.07) is 9.43. The van der Waals surface area contributed by atoms with E-state index in [9.17, 15) is 9.59 Å². The summed E-state index contributed by atoms with van der Waals surface area (Å²) < 4.78 is 6.30. The molecule has 0 bridgehead atoms. The first kappa shape index (κ1) is 31.6. The zero-order valence-electron chi connectivity index (χ0n) is 28.9. The fourth-order valence-electron chi connectivity index (χ4n) is 12.3. The SMILES string of the molecule is C[C@H]1[C@H](C)CC[C@]2(C(=O)Nc3nn[nH]n3)CC[C@]3(C)C(=CC[C@@H]4[C@@]5(C)CC[C@H](OC(=O)c6ccccc6)C(C)(C)[C@@H]5CC[C@]43C)[C@H]12. The van der Waals surface area contributed by atoms with Crippen molar-refractivity contribution in [3.05, 3.63) is 47.5 Å². The van der Waals surface area contributed by atoms with Gasteiger partial charge in [-0.25, -0.2) is 4.79 Å². The summed E-state index contributed by atoms with van der Waals surface area (Å²) in [4.78, 5) is 27.4. The van der Waals surface area contributed by atoms with Crippen molar-refractivity contribution in [3.63, 3.8) is 0 Å². The molecule has 5 aliphatic carbocycles. The second kappa shape index (κ2) is 10.7. The molecule has 0 unspecified atom stereocenters. The van der Waals surface area contributed by atoms with Gasteiger partial charge >= 0.3 is 5.97 Å². The monoisotopic (exact) mass is 627 g/mol. The normalized spacial score (nSPS) is 42.7. The maximum Gasteiger partial charge on any atom is 0.338 e. The Morgan fingerprint density at radius 3 is 2.39 bits per heavy atom. The lowest BCUT2D eigenvalue weighted by Gasteiger charge is -2.71. The molecule has 0 aliphatic heterocycles. The van der Waals surface area contributed by atoms with Gasteiger partial charge in [0, 0.05) is 5.41 Å². The van der Waals surface area contributed by atoms with E-state index < -0.39 is 5.41 Å². The molecular formula is C38H53N5O3. The second-order valence-corrected chi connectivity index (χ2v) is 17.1. The number of hydrogen-bond acceptors (Lipinski definition) is 6. The Labute approximate surface area is 274 Å². The molecule has 0 spiro atoms. The van der Waals surface area contributed by atoms with Crippen molar-refractivity contribution in [1.82, 2.24) is 20.6 Å². The lowest BCUT2D eigenvalue weighted by Crippen LogP contribution is -2.65. The molecule has 7 rings (SSSR count). The number of H-pyrrole nitrogens is 1. The number of hydrogen-bond donors (Lipinski definition) is 2. The zero-order chi connectivity index (χ0) is 32.7. The molecule has 248 valence electrons. The summed E-state index contributed by atoms with van der Waals surface area (Å²) in [6.07, 6.45) is 11.7. The van der Waals surface area contributed by atoms with Gasteiger partial charge in [0.25, 0.3) is 5.95 Å². The number of carbonyl (C=O) groups is 2. The highest BCUT2D eigenvalue weighted by Crippen LogP contribution is 2.76. The third-order valence-corrected chi connectivity index (χ3v) is 15.2. The summed E-state index contributed by atoms with van der Waals surface area (Å²) >= 11 is 0. The van der Waals surface area contributed by atoms with E-state index in [-0.39, 0.29) is 51.5 Å². The number of nitrogens with zero attached hydrogens (tertiary/aromatic N) is 3. The van der Waals surface area contributed by atoms with Crippen LogP contribution in [0, 0.1) is 56.7 Å². The van der Waals surface area contributed by atoms with Crippen molar-refractivity contribution in [1.29, 1.82) is 0 Å². The van der Waals surface area contributed by atoms with Crippen LogP contribution in [0.1, 0.15) is 117 Å². The van der Waals surface area contributed by atoms with Crippen LogP contribution in [0.5, 0.6) is 0 Å². The van der Waals surface area contributed by atoms with Crippen molar-refractivity contribution in [2.75, 3.05) is 5.32 Å². The molecule has 4 saturated carbocycles. The molecular weight excluding hydrogens is 574 g/mol. The van der Waals surface area contributed by atoms with Crippen LogP contribution in [0.4, 0.5) is 5.95 Å². The number of ether oxygens (including phenoxy) is 1. The van der Waals surface area contributed by atoms with Crippen LogP contribution >= 0.6 is 0 Å². The third kappa shape index (κ3) is 4.33. The van der Waals surface area contributed by atoms with E-state index in [2.05, 4.69) is 80.5 Å². The number of carbonyl (C=O) groups excluding carboxylic acids is 2. The Morgan fingerprint density at radius 2 is 1.67 bits per heavy atom. The van der Waals surface area contributed by atoms with Crippen molar-refractivity contribution in [3.8, 4) is 0 Å². The molecule has 1 aromatic carbocycles. The minimum Gasteiger partial charge on any atom is -0.458 e. The molecule has 1 heterocycles. The molecule has 5 aliphatic rings. The number of rotatable bonds is 4. The number of tetrazole rings is 1. The molecule has 8 nitrogen and oxygen atoms in total. The number of fused-ring (bicyclic) bond motifs is 7. The Kier molecular flexibility index (Phi) is 7.37. The fraction of sp³-hybridized carbons (Fsp3) is 0.711. The maximum atomic E-state index is 14.2. The van der Waals surface area contributed by atoms with Crippen molar-refractivity contribution in [2.24, 2.45) is 56.7 Å². The predicted molar refractivity (Wildman–Crippen MR) is 177 cm³/mol. The smallest absolute Gasteiger partial charge is 0.338 e. The van der Waals surface area contributed by atoms with Gasteiger partial charge in [0.1, 0.15) is 6.10 Å². The first-order chi connectivity index (χ1) is 21.8. The van der Waals surface area contributed by atoms with Crippen LogP contribution in [0.15, 0.2) is 42.0 Å². The predicted octanol–water partition coefficient (Wildman–Crippen LogP) is 8.02. The lowest BCUT2D eigenvalue weighted by molar-refractivity contribution is -0.204. The number of aromatic nitrogens is 4. The quantitative estimate of drug-likeness (QED) is 0.262. The largest absolute Gasteiger partial charge is 0.458 e. The van der Waals surface area contributed by atoms with Crippen LogP contribution in [-0.2, 0) is 9.53 Å². The molecule has 1 aromatic heterocycles. The molecule has 4 fully saturated rings. The number of esters is 1. The molecule has 0 saturated heterocycles. The summed E-state index contributed by atoms with van der Waals surface area (Å²) in [5.41, 5.74) is 1.90. The minimum atomic E-state index is -0.453. The first-order valence-electron chi connectivity index (χ1n) is 17.8. The number of anilines is 1. The first-order valence-corrected chi connectivity index (χ1v) is 17.8. The highest BCUT2D eigenvalue weighted by Gasteiger charge is 2.69. The molecule has 46 heavy (non-hydrogen) atoms. The van der Waals surface area contributed by atoms with Gasteiger partial charge in [0.2, 0.25) is 5.91 Å². The number of nitrogens with one attached hydrogen (secondary N) is 2. The number of aromatic amines is 1. The number of allylic oxidation sites excluding steroid dienone is 2. The van der Waals surface area contributed by atoms with Crippen molar-refractivity contribution >= 4 is 17.8 Å². The van der Waals surface area contributed by atoms with Crippen LogP contribution < -0.4 is 5.32 Å². The minimum absolute atomic E-state index is 0.0244. The summed E-state index contributed by atoms with van der Waals surface area (Å²) in [6.45, 7) is 17.2. The molecule has 1 amide bonds. The van der Waals surface area contributed by atoms with Crippen molar-refractivity contribution < 1.29 is 14.3 Å². The standard InChI is InChI=1S/C38H53N5O3/c1-23-15-20-38(32(45)39-33-40-42-43-41-33)22-21-36(6)26(30(38)24(23)2)13-14-28-35(5)18-17-29(46-31(44)25-11-9-8-10-12-25)34(3,4)27(35)16-19-37(28,36)7/h8-13,23-24,27-30H,14-22H2,1-7H3,(H2,39,40,41,42,43,45)/t23-,24+,27+,28-,29+,30+,35+,36-,37-,38+/m1/s1. The topological polar surface area (TPSA) is 110 Å². The molecule has 8 heteroatoms. The lowest BCUT2D eigenvalue weighted by atomic mass is 9.33. The van der Waals surface area contributed by atoms with Crippen LogP contribution in [0.2, 0.25) is 0 Å². The summed E-state index contributed by atoms with van der Waals surface area (Å²) in [5.74, 6) is 2.31. The average molecular weight is 628 g/mol. The van der Waals surface area contributed by atoms with E-state index in [1.165, 1.54) is 0 Å². The van der Waals surface area contributed by atoms with Crippen molar-refractivity contribution in [2.45, 2.75) is 112 Å². The Balaban J connectivity index is 1.21. The maximum absolute atomic E-state index is 14.2. The van der Waals surface area contributed by atoms with Gasteiger partial charge in [-0.3, -0.25) is 10.1 Å². The molecule has 2 aromatic rings. The summed E-state index contributed by atoms with van der Waals surface area (Å²) in [5, 5.41) is 17.3. The number of amides is 1. The average Bonchev–Trinajstić information content (AvgIpc) is 3.54. The number of benzene rings is 1. The summed E-state index contributed by atoms with van der Waals surface area (Å²) in [7, 11) is 0. The Morgan fingerprint density at radius 1 is 0.913 bits per heavy atom. The van der Waals surface area contributed by atoms with Gasteiger partial charge in [0.15, 0.2) is 0 Å². The van der Waals surface area contributed by atoms with Gasteiger partial charge in [0.05, 0.1) is 11.0 Å². The molecule has 0 radical (unpaired) electrons. The van der Waals surface area contributed by atoms with Gasteiger partial charge < -0.3 is 4.74 Å². The highest BCUT2D eigenvalue weighted by atomic mass is 16.5. The fourth-order valence-corrected chi connectivity index (χ4v) is 12.3. The van der Waals surface area contributed by atoms with Gasteiger partial charge in [-0.1, -0.05) is 83.4 Å². The molecule has 10 atom stereocenters. The zero-order valence-corrected chi connectivity index (χ0v) is 28.9. The van der Waals surface area contributed by atoms with Gasteiger partial charge in [-0.2, -0.15) is 5.21 Å². The van der Waals surface area contributed by atoms with Crippen LogP contribution in [0.3, 0.4) is 0 Å². The van der Waals surface area contributed by atoms with Gasteiger partial charge in [-0.15, -0.1) is 5.10 Å². The van der Waals surface area contributed by atoms with E-state index in [4.69, 9.17) is 4.74 Å². The van der Waals surface area contributed by atoms with Crippen LogP contribution in [-0.4, -0.2) is 38.6 Å². The highest BCUT2D eigenvalue weighted by molar-refractivity contribution is 5.95. The van der Waals surface area contributed by atoms with E-state index >= 15 is 0 Å². The third-order valence-electron chi connectivity index (χ3n) is 15.2. The Hall–Kier alpha value is -3.03. The van der Waals surface area contributed by atoms with E-state index in [0.29, 0.717) is 29.2 Å². The van der Waals surface area contributed by atoms with Gasteiger partial charge in [-0.05, 0) is 121 Å². The second-order valence-electron chi connectivity index (χ2n) is 17.1. The Bertz CT molecular complexity index is 1520. The molecule has 2 N–H and O–H groups in total. The van der Waals surface area contributed by atoms with E-state index in [1.807, 2.05) is 30.3 Å².